The number of nitrogens with zero attached hydrogens (tertiary/aromatic N) is 2. The van der Waals surface area contributed by atoms with Crippen LogP contribution in [0.15, 0.2) is 64.0 Å². The lowest BCUT2D eigenvalue weighted by Gasteiger charge is -2.14. The summed E-state index contributed by atoms with van der Waals surface area (Å²) in [6, 6.07) is 13.6. The molecule has 0 radical (unpaired) electrons. The zero-order valence-electron chi connectivity index (χ0n) is 14.1. The fourth-order valence-electron chi connectivity index (χ4n) is 2.41. The van der Waals surface area contributed by atoms with Gasteiger partial charge in [0.2, 0.25) is 5.91 Å². The van der Waals surface area contributed by atoms with Crippen molar-refractivity contribution in [1.29, 1.82) is 0 Å². The SMILES string of the molecule is Cc1ccc(CNC(=O)C(C)n2nc(-c3ccco3)ccc2=O)cc1. The van der Waals surface area contributed by atoms with Gasteiger partial charge in [0.25, 0.3) is 5.56 Å². The third-order valence-corrected chi connectivity index (χ3v) is 3.93. The van der Waals surface area contributed by atoms with Gasteiger partial charge in [-0.15, -0.1) is 0 Å². The van der Waals surface area contributed by atoms with Gasteiger partial charge < -0.3 is 9.73 Å². The van der Waals surface area contributed by atoms with E-state index in [0.717, 1.165) is 11.1 Å². The predicted octanol–water partition coefficient (Wildman–Crippen LogP) is 2.69. The van der Waals surface area contributed by atoms with Gasteiger partial charge in [-0.2, -0.15) is 5.10 Å². The minimum atomic E-state index is -0.729. The first-order valence-electron chi connectivity index (χ1n) is 8.01. The summed E-state index contributed by atoms with van der Waals surface area (Å²) in [5.41, 5.74) is 2.32. The summed E-state index contributed by atoms with van der Waals surface area (Å²) in [6.07, 6.45) is 1.53. The Morgan fingerprint density at radius 2 is 1.96 bits per heavy atom. The van der Waals surface area contributed by atoms with Gasteiger partial charge >= 0.3 is 0 Å². The molecule has 1 unspecified atom stereocenters. The van der Waals surface area contributed by atoms with Crippen LogP contribution >= 0.6 is 0 Å². The van der Waals surface area contributed by atoms with Crippen LogP contribution in [0.25, 0.3) is 11.5 Å². The Kier molecular flexibility index (Phi) is 4.79. The molecule has 1 aromatic carbocycles. The Hall–Kier alpha value is -3.15. The highest BCUT2D eigenvalue weighted by molar-refractivity contribution is 5.79. The molecule has 0 bridgehead atoms. The number of nitrogens with one attached hydrogen (secondary N) is 1. The molecule has 2 heterocycles. The van der Waals surface area contributed by atoms with E-state index in [1.807, 2.05) is 31.2 Å². The first kappa shape index (κ1) is 16.7. The van der Waals surface area contributed by atoms with E-state index in [1.165, 1.54) is 17.0 Å². The first-order chi connectivity index (χ1) is 12.0. The number of carbonyl (C=O) groups is 1. The molecule has 0 saturated carbocycles. The Morgan fingerprint density at radius 1 is 1.20 bits per heavy atom. The largest absolute Gasteiger partial charge is 0.463 e. The van der Waals surface area contributed by atoms with Crippen molar-refractivity contribution in [3.63, 3.8) is 0 Å². The van der Waals surface area contributed by atoms with Gasteiger partial charge in [0.15, 0.2) is 5.76 Å². The van der Waals surface area contributed by atoms with Crippen LogP contribution < -0.4 is 10.9 Å². The lowest BCUT2D eigenvalue weighted by Crippen LogP contribution is -2.36. The lowest BCUT2D eigenvalue weighted by atomic mass is 10.1. The predicted molar refractivity (Wildman–Crippen MR) is 93.9 cm³/mol. The number of rotatable bonds is 5. The summed E-state index contributed by atoms with van der Waals surface area (Å²) in [7, 11) is 0. The average Bonchev–Trinajstić information content (AvgIpc) is 3.15. The highest BCUT2D eigenvalue weighted by atomic mass is 16.3. The van der Waals surface area contributed by atoms with Gasteiger partial charge in [0.1, 0.15) is 11.7 Å². The third-order valence-electron chi connectivity index (χ3n) is 3.93. The summed E-state index contributed by atoms with van der Waals surface area (Å²) < 4.78 is 6.46. The molecular formula is C19H19N3O3. The van der Waals surface area contributed by atoms with Gasteiger partial charge in [-0.3, -0.25) is 9.59 Å². The van der Waals surface area contributed by atoms with Crippen molar-refractivity contribution in [3.8, 4) is 11.5 Å². The molecule has 6 heteroatoms. The molecule has 2 aromatic heterocycles. The highest BCUT2D eigenvalue weighted by Crippen LogP contribution is 2.16. The Labute approximate surface area is 145 Å². The molecule has 0 spiro atoms. The van der Waals surface area contributed by atoms with Crippen LogP contribution in [0.5, 0.6) is 0 Å². The van der Waals surface area contributed by atoms with E-state index in [4.69, 9.17) is 4.42 Å². The van der Waals surface area contributed by atoms with E-state index in [0.29, 0.717) is 18.0 Å². The summed E-state index contributed by atoms with van der Waals surface area (Å²) >= 11 is 0. The topological polar surface area (TPSA) is 77.1 Å². The quantitative estimate of drug-likeness (QED) is 0.776. The normalized spacial score (nSPS) is 11.9. The number of hydrogen-bond acceptors (Lipinski definition) is 4. The second-order valence-corrected chi connectivity index (χ2v) is 5.86. The first-order valence-corrected chi connectivity index (χ1v) is 8.01. The minimum Gasteiger partial charge on any atom is -0.463 e. The van der Waals surface area contributed by atoms with Gasteiger partial charge in [-0.1, -0.05) is 29.8 Å². The van der Waals surface area contributed by atoms with E-state index in [2.05, 4.69) is 10.4 Å². The van der Waals surface area contributed by atoms with Crippen molar-refractivity contribution in [2.24, 2.45) is 0 Å². The molecular weight excluding hydrogens is 318 g/mol. The van der Waals surface area contributed by atoms with Crippen LogP contribution in [0.3, 0.4) is 0 Å². The van der Waals surface area contributed by atoms with E-state index in [-0.39, 0.29) is 11.5 Å². The molecule has 3 rings (SSSR count). The van der Waals surface area contributed by atoms with E-state index in [9.17, 15) is 9.59 Å². The fraction of sp³-hybridized carbons (Fsp3) is 0.211. The lowest BCUT2D eigenvalue weighted by molar-refractivity contribution is -0.124. The molecule has 1 atom stereocenters. The van der Waals surface area contributed by atoms with Gasteiger partial charge in [-0.05, 0) is 37.6 Å². The standard InChI is InChI=1S/C19H19N3O3/c1-13-5-7-15(8-6-13)12-20-19(24)14(2)22-18(23)10-9-16(21-22)17-4-3-11-25-17/h3-11,14H,12H2,1-2H3,(H,20,24). The molecule has 25 heavy (non-hydrogen) atoms. The van der Waals surface area contributed by atoms with Crippen LogP contribution in [0.1, 0.15) is 24.1 Å². The molecule has 1 amide bonds. The van der Waals surface area contributed by atoms with Crippen molar-refractivity contribution in [2.75, 3.05) is 0 Å². The van der Waals surface area contributed by atoms with Gasteiger partial charge in [0, 0.05) is 12.6 Å². The van der Waals surface area contributed by atoms with Crippen LogP contribution in [0, 0.1) is 6.92 Å². The summed E-state index contributed by atoms with van der Waals surface area (Å²) in [6.45, 7) is 4.05. The molecule has 1 N–H and O–H groups in total. The monoisotopic (exact) mass is 337 g/mol. The van der Waals surface area contributed by atoms with E-state index >= 15 is 0 Å². The Morgan fingerprint density at radius 3 is 2.64 bits per heavy atom. The van der Waals surface area contributed by atoms with E-state index < -0.39 is 6.04 Å². The van der Waals surface area contributed by atoms with Crippen molar-refractivity contribution in [3.05, 3.63) is 76.3 Å². The second-order valence-electron chi connectivity index (χ2n) is 5.86. The Balaban J connectivity index is 1.74. The maximum absolute atomic E-state index is 12.4. The van der Waals surface area contributed by atoms with Gasteiger partial charge in [-0.25, -0.2) is 4.68 Å². The highest BCUT2D eigenvalue weighted by Gasteiger charge is 2.18. The maximum Gasteiger partial charge on any atom is 0.267 e. The van der Waals surface area contributed by atoms with Gasteiger partial charge in [0.05, 0.1) is 6.26 Å². The summed E-state index contributed by atoms with van der Waals surface area (Å²) in [5.74, 6) is 0.271. The molecule has 0 saturated heterocycles. The minimum absolute atomic E-state index is 0.272. The number of aryl methyl sites for hydroxylation is 1. The fourth-order valence-corrected chi connectivity index (χ4v) is 2.41. The third kappa shape index (κ3) is 3.85. The molecule has 0 aliphatic heterocycles. The molecule has 6 nitrogen and oxygen atoms in total. The van der Waals surface area contributed by atoms with Crippen LogP contribution in [0.2, 0.25) is 0 Å². The van der Waals surface area contributed by atoms with Crippen LogP contribution in [0.4, 0.5) is 0 Å². The van der Waals surface area contributed by atoms with E-state index in [1.54, 1.807) is 25.1 Å². The molecule has 0 fully saturated rings. The number of furan rings is 1. The average molecular weight is 337 g/mol. The Bertz CT molecular complexity index is 912. The molecule has 128 valence electrons. The summed E-state index contributed by atoms with van der Waals surface area (Å²) in [4.78, 5) is 24.5. The maximum atomic E-state index is 12.4. The zero-order chi connectivity index (χ0) is 17.8. The second kappa shape index (κ2) is 7.17. The molecule has 0 aliphatic rings. The van der Waals surface area contributed by atoms with Crippen LogP contribution in [-0.4, -0.2) is 15.7 Å². The number of benzene rings is 1. The van der Waals surface area contributed by atoms with Crippen molar-refractivity contribution in [2.45, 2.75) is 26.4 Å². The number of amides is 1. The van der Waals surface area contributed by atoms with Crippen molar-refractivity contribution in [1.82, 2.24) is 15.1 Å². The smallest absolute Gasteiger partial charge is 0.267 e. The summed E-state index contributed by atoms with van der Waals surface area (Å²) in [5, 5.41) is 7.09. The molecule has 3 aromatic rings. The zero-order valence-corrected chi connectivity index (χ0v) is 14.1. The number of carbonyl (C=O) groups excluding carboxylic acids is 1. The van der Waals surface area contributed by atoms with Crippen LogP contribution in [-0.2, 0) is 11.3 Å². The van der Waals surface area contributed by atoms with Crippen molar-refractivity contribution < 1.29 is 9.21 Å². The molecule has 0 aliphatic carbocycles. The van der Waals surface area contributed by atoms with Crippen molar-refractivity contribution >= 4 is 5.91 Å². The number of hydrogen-bond donors (Lipinski definition) is 1. The number of aromatic nitrogens is 2.